The Bertz CT molecular complexity index is 655. The Labute approximate surface area is 124 Å². The van der Waals surface area contributed by atoms with Crippen molar-refractivity contribution in [1.29, 1.82) is 0 Å². The number of aliphatic hydroxyl groups excluding tert-OH is 1. The van der Waals surface area contributed by atoms with Crippen LogP contribution in [0, 0.1) is 0 Å². The van der Waals surface area contributed by atoms with E-state index in [0.717, 1.165) is 16.7 Å². The van der Waals surface area contributed by atoms with Gasteiger partial charge in [0.2, 0.25) is 0 Å². The highest BCUT2D eigenvalue weighted by atomic mass is 16.3. The van der Waals surface area contributed by atoms with Crippen molar-refractivity contribution in [3.8, 4) is 16.9 Å². The molecule has 108 valence electrons. The van der Waals surface area contributed by atoms with Crippen LogP contribution < -0.4 is 0 Å². The minimum absolute atomic E-state index is 0.0962. The molecule has 0 unspecified atom stereocenters. The molecular weight excluding hydrogens is 264 g/mol. The molecule has 2 N–H and O–H groups in total. The second-order valence-electron chi connectivity index (χ2n) is 4.78. The Kier molecular flexibility index (Phi) is 4.90. The minimum atomic E-state index is -0.195. The summed E-state index contributed by atoms with van der Waals surface area (Å²) in [6.07, 6.45) is 3.89. The number of benzene rings is 2. The summed E-state index contributed by atoms with van der Waals surface area (Å²) in [4.78, 5) is 11.2. The molecule has 0 fully saturated rings. The molecule has 0 aliphatic carbocycles. The molecule has 0 saturated carbocycles. The van der Waals surface area contributed by atoms with E-state index in [1.165, 1.54) is 0 Å². The topological polar surface area (TPSA) is 57.5 Å². The van der Waals surface area contributed by atoms with Crippen LogP contribution in [0.5, 0.6) is 5.75 Å². The molecular formula is C18H18O3. The van der Waals surface area contributed by atoms with Crippen LogP contribution in [0.15, 0.2) is 48.5 Å². The molecule has 0 bridgehead atoms. The summed E-state index contributed by atoms with van der Waals surface area (Å²) >= 11 is 0. The number of hydrogen-bond donors (Lipinski definition) is 2. The van der Waals surface area contributed by atoms with Crippen LogP contribution in [0.2, 0.25) is 0 Å². The van der Waals surface area contributed by atoms with E-state index in [0.29, 0.717) is 12.0 Å². The monoisotopic (exact) mass is 282 g/mol. The van der Waals surface area contributed by atoms with Crippen molar-refractivity contribution in [2.75, 3.05) is 0 Å². The average Bonchev–Trinajstić information content (AvgIpc) is 2.53. The largest absolute Gasteiger partial charge is 0.508 e. The third kappa shape index (κ3) is 3.80. The number of allylic oxidation sites excluding steroid dienone is 1. The third-order valence-electron chi connectivity index (χ3n) is 3.30. The van der Waals surface area contributed by atoms with Crippen molar-refractivity contribution in [1.82, 2.24) is 0 Å². The van der Waals surface area contributed by atoms with Crippen LogP contribution in [0.4, 0.5) is 0 Å². The molecule has 3 nitrogen and oxygen atoms in total. The number of rotatable bonds is 5. The Morgan fingerprint density at radius 1 is 1.10 bits per heavy atom. The van der Waals surface area contributed by atoms with Gasteiger partial charge in [-0.2, -0.15) is 0 Å². The SMILES string of the molecule is CCC(=O)C=Cc1ccc(-c2ccc(O)c(CO)c2)cc1. The molecule has 0 heterocycles. The van der Waals surface area contributed by atoms with Crippen molar-refractivity contribution >= 4 is 11.9 Å². The second kappa shape index (κ2) is 6.86. The molecule has 0 radical (unpaired) electrons. The lowest BCUT2D eigenvalue weighted by Gasteiger charge is -2.06. The summed E-state index contributed by atoms with van der Waals surface area (Å²) in [7, 11) is 0. The van der Waals surface area contributed by atoms with Crippen LogP contribution >= 0.6 is 0 Å². The maximum atomic E-state index is 11.2. The van der Waals surface area contributed by atoms with E-state index in [-0.39, 0.29) is 18.1 Å². The van der Waals surface area contributed by atoms with E-state index >= 15 is 0 Å². The quantitative estimate of drug-likeness (QED) is 0.825. The van der Waals surface area contributed by atoms with Crippen molar-refractivity contribution in [3.63, 3.8) is 0 Å². The molecule has 2 rings (SSSR count). The van der Waals surface area contributed by atoms with E-state index in [1.54, 1.807) is 30.4 Å². The van der Waals surface area contributed by atoms with Crippen molar-refractivity contribution < 1.29 is 15.0 Å². The van der Waals surface area contributed by atoms with Crippen LogP contribution in [-0.4, -0.2) is 16.0 Å². The number of phenols is 1. The van der Waals surface area contributed by atoms with Gasteiger partial charge in [-0.25, -0.2) is 0 Å². The Morgan fingerprint density at radius 3 is 2.38 bits per heavy atom. The third-order valence-corrected chi connectivity index (χ3v) is 3.30. The first-order valence-corrected chi connectivity index (χ1v) is 6.88. The molecule has 0 aliphatic rings. The van der Waals surface area contributed by atoms with Crippen molar-refractivity contribution in [2.24, 2.45) is 0 Å². The highest BCUT2D eigenvalue weighted by Crippen LogP contribution is 2.26. The number of ketones is 1. The molecule has 3 heteroatoms. The van der Waals surface area contributed by atoms with Gasteiger partial charge in [0.1, 0.15) is 5.75 Å². The van der Waals surface area contributed by atoms with E-state index in [4.69, 9.17) is 0 Å². The fraction of sp³-hybridized carbons (Fsp3) is 0.167. The molecule has 0 atom stereocenters. The standard InChI is InChI=1S/C18H18O3/c1-2-17(20)9-5-13-3-6-14(7-4-13)15-8-10-18(21)16(11-15)12-19/h3-11,19,21H,2,12H2,1H3. The first-order chi connectivity index (χ1) is 10.1. The predicted octanol–water partition coefficient (Wildman–Crippen LogP) is 3.54. The Morgan fingerprint density at radius 2 is 1.76 bits per heavy atom. The highest BCUT2D eigenvalue weighted by molar-refractivity contribution is 5.93. The van der Waals surface area contributed by atoms with Gasteiger partial charge < -0.3 is 10.2 Å². The van der Waals surface area contributed by atoms with E-state index in [2.05, 4.69) is 0 Å². The van der Waals surface area contributed by atoms with Gasteiger partial charge in [0.25, 0.3) is 0 Å². The van der Waals surface area contributed by atoms with Gasteiger partial charge in [0.15, 0.2) is 5.78 Å². The summed E-state index contributed by atoms with van der Waals surface area (Å²) in [5.74, 6) is 0.198. The van der Waals surface area contributed by atoms with Crippen LogP contribution in [0.25, 0.3) is 17.2 Å². The molecule has 0 aliphatic heterocycles. The van der Waals surface area contributed by atoms with Gasteiger partial charge in [0, 0.05) is 12.0 Å². The Balaban J connectivity index is 2.23. The molecule has 0 aromatic heterocycles. The second-order valence-corrected chi connectivity index (χ2v) is 4.78. The number of carbonyl (C=O) groups excluding carboxylic acids is 1. The van der Waals surface area contributed by atoms with Crippen LogP contribution in [0.1, 0.15) is 24.5 Å². The average molecular weight is 282 g/mol. The first-order valence-electron chi connectivity index (χ1n) is 6.88. The Hall–Kier alpha value is -2.39. The van der Waals surface area contributed by atoms with Crippen molar-refractivity contribution in [3.05, 3.63) is 59.7 Å². The lowest BCUT2D eigenvalue weighted by Crippen LogP contribution is -1.87. The first kappa shape index (κ1) is 15.0. The van der Waals surface area contributed by atoms with Crippen LogP contribution in [-0.2, 0) is 11.4 Å². The summed E-state index contributed by atoms with van der Waals surface area (Å²) in [5, 5.41) is 18.7. The number of carbonyl (C=O) groups is 1. The van der Waals surface area contributed by atoms with Gasteiger partial charge in [-0.05, 0) is 34.9 Å². The fourth-order valence-corrected chi connectivity index (χ4v) is 1.99. The smallest absolute Gasteiger partial charge is 0.155 e. The summed E-state index contributed by atoms with van der Waals surface area (Å²) in [6, 6.07) is 12.9. The zero-order valence-electron chi connectivity index (χ0n) is 11.9. The van der Waals surface area contributed by atoms with Gasteiger partial charge in [-0.3, -0.25) is 4.79 Å². The molecule has 0 amide bonds. The molecule has 21 heavy (non-hydrogen) atoms. The van der Waals surface area contributed by atoms with Gasteiger partial charge >= 0.3 is 0 Å². The lowest BCUT2D eigenvalue weighted by molar-refractivity contribution is -0.114. The van der Waals surface area contributed by atoms with Gasteiger partial charge in [-0.15, -0.1) is 0 Å². The van der Waals surface area contributed by atoms with E-state index in [9.17, 15) is 15.0 Å². The fourth-order valence-electron chi connectivity index (χ4n) is 1.99. The van der Waals surface area contributed by atoms with Crippen molar-refractivity contribution in [2.45, 2.75) is 20.0 Å². The lowest BCUT2D eigenvalue weighted by atomic mass is 10.0. The zero-order chi connectivity index (χ0) is 15.2. The minimum Gasteiger partial charge on any atom is -0.508 e. The number of aromatic hydroxyl groups is 1. The van der Waals surface area contributed by atoms with Crippen LogP contribution in [0.3, 0.4) is 0 Å². The summed E-state index contributed by atoms with van der Waals surface area (Å²) in [5.41, 5.74) is 3.38. The molecule has 0 saturated heterocycles. The molecule has 2 aromatic carbocycles. The predicted molar refractivity (Wildman–Crippen MR) is 83.8 cm³/mol. The van der Waals surface area contributed by atoms with Gasteiger partial charge in [0.05, 0.1) is 6.61 Å². The molecule has 2 aromatic rings. The summed E-state index contributed by atoms with van der Waals surface area (Å²) < 4.78 is 0. The zero-order valence-corrected chi connectivity index (χ0v) is 11.9. The normalized spacial score (nSPS) is 11.0. The maximum absolute atomic E-state index is 11.2. The molecule has 0 spiro atoms. The number of hydrogen-bond acceptors (Lipinski definition) is 3. The van der Waals surface area contributed by atoms with E-state index < -0.39 is 0 Å². The van der Waals surface area contributed by atoms with E-state index in [1.807, 2.05) is 31.2 Å². The van der Waals surface area contributed by atoms with Gasteiger partial charge in [-0.1, -0.05) is 43.3 Å². The maximum Gasteiger partial charge on any atom is 0.155 e. The number of aliphatic hydroxyl groups is 1. The highest BCUT2D eigenvalue weighted by Gasteiger charge is 2.03. The summed E-state index contributed by atoms with van der Waals surface area (Å²) in [6.45, 7) is 1.64.